The lowest BCUT2D eigenvalue weighted by Gasteiger charge is -2.31. The fourth-order valence-corrected chi connectivity index (χ4v) is 3.93. The van der Waals surface area contributed by atoms with Crippen molar-refractivity contribution in [3.63, 3.8) is 0 Å². The minimum absolute atomic E-state index is 0.102. The Bertz CT molecular complexity index is 490. The third-order valence-electron chi connectivity index (χ3n) is 4.36. The van der Waals surface area contributed by atoms with Gasteiger partial charge in [0.2, 0.25) is 0 Å². The Kier molecular flexibility index (Phi) is 6.12. The lowest BCUT2D eigenvalue weighted by molar-refractivity contribution is 0.275. The first kappa shape index (κ1) is 16.4. The van der Waals surface area contributed by atoms with Crippen LogP contribution in [0.25, 0.3) is 0 Å². The van der Waals surface area contributed by atoms with E-state index < -0.39 is 11.0 Å². The van der Waals surface area contributed by atoms with Gasteiger partial charge in [0, 0.05) is 13.3 Å². The molecule has 1 fully saturated rings. The van der Waals surface area contributed by atoms with E-state index in [1.54, 1.807) is 7.05 Å². The molecule has 2 unspecified atom stereocenters. The van der Waals surface area contributed by atoms with Crippen LogP contribution in [0.4, 0.5) is 0 Å². The van der Waals surface area contributed by atoms with Crippen molar-refractivity contribution in [2.24, 2.45) is 16.8 Å². The molecule has 1 aliphatic carbocycles. The fraction of sp³-hybridized carbons (Fsp3) is 0.588. The van der Waals surface area contributed by atoms with Crippen molar-refractivity contribution in [2.45, 2.75) is 50.5 Å². The highest BCUT2D eigenvalue weighted by Crippen LogP contribution is 2.30. The first-order valence-corrected chi connectivity index (χ1v) is 8.92. The minimum atomic E-state index is -1.17. The molecule has 0 amide bonds. The van der Waals surface area contributed by atoms with E-state index in [1.165, 1.54) is 31.2 Å². The number of hydrogen-bond acceptors (Lipinski definition) is 2. The number of rotatable bonds is 5. The number of aliphatic imine (C=N–C) groups is 1. The Morgan fingerprint density at radius 1 is 1.24 bits per heavy atom. The molecule has 1 aromatic rings. The van der Waals surface area contributed by atoms with Crippen LogP contribution in [0.15, 0.2) is 34.2 Å². The van der Waals surface area contributed by atoms with Gasteiger partial charge in [0.15, 0.2) is 0 Å². The van der Waals surface area contributed by atoms with Gasteiger partial charge in [-0.15, -0.1) is 0 Å². The smallest absolute Gasteiger partial charge is 0.125 e. The van der Waals surface area contributed by atoms with Gasteiger partial charge >= 0.3 is 0 Å². The zero-order valence-electron chi connectivity index (χ0n) is 13.2. The standard InChI is InChI=1S/C17H26N2OS/c1-13-4-8-15(9-5-13)17(12-18-3)19-21(20)16-10-6-14(2)7-11-16/h6-7,10-13,15,17,19H,4-5,8-9H2,1-3H3. The fourth-order valence-electron chi connectivity index (χ4n) is 2.91. The van der Waals surface area contributed by atoms with Crippen LogP contribution in [0.2, 0.25) is 0 Å². The van der Waals surface area contributed by atoms with Crippen molar-refractivity contribution in [1.82, 2.24) is 4.72 Å². The normalized spacial score (nSPS) is 25.9. The van der Waals surface area contributed by atoms with Gasteiger partial charge < -0.3 is 0 Å². The molecule has 0 spiro atoms. The molecule has 0 aromatic heterocycles. The molecule has 2 atom stereocenters. The lowest BCUT2D eigenvalue weighted by Crippen LogP contribution is -2.40. The second-order valence-electron chi connectivity index (χ2n) is 6.15. The van der Waals surface area contributed by atoms with E-state index in [0.29, 0.717) is 5.92 Å². The van der Waals surface area contributed by atoms with Crippen molar-refractivity contribution in [1.29, 1.82) is 0 Å². The average Bonchev–Trinajstić information content (AvgIpc) is 2.48. The maximum absolute atomic E-state index is 12.5. The Morgan fingerprint density at radius 3 is 2.43 bits per heavy atom. The highest BCUT2D eigenvalue weighted by atomic mass is 32.2. The predicted octanol–water partition coefficient (Wildman–Crippen LogP) is 3.50. The Labute approximate surface area is 130 Å². The highest BCUT2D eigenvalue weighted by Gasteiger charge is 2.26. The van der Waals surface area contributed by atoms with Crippen molar-refractivity contribution >= 4 is 17.2 Å². The summed E-state index contributed by atoms with van der Waals surface area (Å²) in [5, 5.41) is 0. The molecule has 0 radical (unpaired) electrons. The van der Waals surface area contributed by atoms with Crippen molar-refractivity contribution < 1.29 is 4.21 Å². The Balaban J connectivity index is 2.02. The summed E-state index contributed by atoms with van der Waals surface area (Å²) in [4.78, 5) is 5.00. The van der Waals surface area contributed by atoms with Crippen LogP contribution in [-0.2, 0) is 11.0 Å². The first-order valence-electron chi connectivity index (χ1n) is 7.77. The molecule has 0 heterocycles. The topological polar surface area (TPSA) is 41.5 Å². The van der Waals surface area contributed by atoms with Crippen LogP contribution in [0.5, 0.6) is 0 Å². The second kappa shape index (κ2) is 7.85. The number of benzene rings is 1. The number of nitrogens with one attached hydrogen (secondary N) is 1. The average molecular weight is 306 g/mol. The summed E-state index contributed by atoms with van der Waals surface area (Å²) in [6.45, 7) is 4.35. The van der Waals surface area contributed by atoms with Crippen molar-refractivity contribution in [2.75, 3.05) is 7.05 Å². The minimum Gasteiger partial charge on any atom is -0.299 e. The summed E-state index contributed by atoms with van der Waals surface area (Å²) in [5.74, 6) is 1.36. The second-order valence-corrected chi connectivity index (χ2v) is 7.40. The quantitative estimate of drug-likeness (QED) is 0.831. The molecule has 4 heteroatoms. The van der Waals surface area contributed by atoms with Gasteiger partial charge in [-0.25, -0.2) is 8.93 Å². The number of nitrogens with zero attached hydrogens (tertiary/aromatic N) is 1. The van der Waals surface area contributed by atoms with Gasteiger partial charge in [0.1, 0.15) is 11.0 Å². The van der Waals surface area contributed by atoms with E-state index in [4.69, 9.17) is 0 Å². The van der Waals surface area contributed by atoms with Crippen molar-refractivity contribution in [3.05, 3.63) is 29.8 Å². The van der Waals surface area contributed by atoms with E-state index >= 15 is 0 Å². The van der Waals surface area contributed by atoms with Gasteiger partial charge in [0.25, 0.3) is 0 Å². The molecule has 3 nitrogen and oxygen atoms in total. The lowest BCUT2D eigenvalue weighted by atomic mass is 9.80. The van der Waals surface area contributed by atoms with Crippen LogP contribution in [0, 0.1) is 18.8 Å². The predicted molar refractivity (Wildman–Crippen MR) is 90.0 cm³/mol. The van der Waals surface area contributed by atoms with Crippen LogP contribution in [-0.4, -0.2) is 23.5 Å². The summed E-state index contributed by atoms with van der Waals surface area (Å²) < 4.78 is 15.7. The molecular weight excluding hydrogens is 280 g/mol. The van der Waals surface area contributed by atoms with Gasteiger partial charge in [-0.05, 0) is 43.7 Å². The van der Waals surface area contributed by atoms with E-state index in [0.717, 1.165) is 10.8 Å². The molecule has 0 saturated heterocycles. The van der Waals surface area contributed by atoms with Gasteiger partial charge in [-0.1, -0.05) is 37.5 Å². The summed E-state index contributed by atoms with van der Waals surface area (Å²) in [6, 6.07) is 7.97. The summed E-state index contributed by atoms with van der Waals surface area (Å²) in [7, 11) is 0.612. The van der Waals surface area contributed by atoms with Gasteiger partial charge in [-0.3, -0.25) is 4.99 Å². The molecule has 1 N–H and O–H groups in total. The van der Waals surface area contributed by atoms with E-state index in [1.807, 2.05) is 37.4 Å². The number of hydrogen-bond donors (Lipinski definition) is 1. The molecule has 21 heavy (non-hydrogen) atoms. The zero-order valence-corrected chi connectivity index (χ0v) is 14.0. The zero-order chi connectivity index (χ0) is 15.2. The molecule has 1 aromatic carbocycles. The van der Waals surface area contributed by atoms with Crippen molar-refractivity contribution in [3.8, 4) is 0 Å². The molecular formula is C17H26N2OS. The number of aryl methyl sites for hydroxylation is 1. The highest BCUT2D eigenvalue weighted by molar-refractivity contribution is 7.83. The Hall–Kier alpha value is -1.00. The third kappa shape index (κ3) is 4.75. The summed E-state index contributed by atoms with van der Waals surface area (Å²) in [6.07, 6.45) is 6.83. The van der Waals surface area contributed by atoms with Gasteiger partial charge in [0.05, 0.1) is 10.9 Å². The van der Waals surface area contributed by atoms with Crippen LogP contribution in [0.3, 0.4) is 0 Å². The molecule has 1 saturated carbocycles. The molecule has 2 rings (SSSR count). The third-order valence-corrected chi connectivity index (χ3v) is 5.54. The van der Waals surface area contributed by atoms with E-state index in [9.17, 15) is 4.21 Å². The Morgan fingerprint density at radius 2 is 1.86 bits per heavy atom. The summed E-state index contributed by atoms with van der Waals surface area (Å²) in [5.41, 5.74) is 1.18. The SMILES string of the molecule is CN=CC(NS(=O)c1ccc(C)cc1)C1CCC(C)CC1. The van der Waals surface area contributed by atoms with Crippen LogP contribution < -0.4 is 4.72 Å². The monoisotopic (exact) mass is 306 g/mol. The summed E-state index contributed by atoms with van der Waals surface area (Å²) >= 11 is 0. The molecule has 0 aliphatic heterocycles. The van der Waals surface area contributed by atoms with E-state index in [2.05, 4.69) is 16.6 Å². The first-order chi connectivity index (χ1) is 10.1. The van der Waals surface area contributed by atoms with Crippen LogP contribution in [0.1, 0.15) is 38.2 Å². The molecule has 1 aliphatic rings. The van der Waals surface area contributed by atoms with Crippen LogP contribution >= 0.6 is 0 Å². The van der Waals surface area contributed by atoms with E-state index in [-0.39, 0.29) is 6.04 Å². The molecule has 116 valence electrons. The largest absolute Gasteiger partial charge is 0.299 e. The maximum Gasteiger partial charge on any atom is 0.125 e. The van der Waals surface area contributed by atoms with Gasteiger partial charge in [-0.2, -0.15) is 0 Å². The maximum atomic E-state index is 12.5. The molecule has 0 bridgehead atoms.